The topological polar surface area (TPSA) is 52.7 Å². The molecule has 2 aromatic rings. The van der Waals surface area contributed by atoms with E-state index < -0.39 is 17.5 Å². The predicted octanol–water partition coefficient (Wildman–Crippen LogP) is 2.99. The molecule has 1 heterocycles. The van der Waals surface area contributed by atoms with Crippen LogP contribution in [-0.4, -0.2) is 54.3 Å². The van der Waals surface area contributed by atoms with Crippen LogP contribution in [0.4, 0.5) is 14.5 Å². The molecule has 0 aliphatic carbocycles. The fourth-order valence-electron chi connectivity index (χ4n) is 2.99. The van der Waals surface area contributed by atoms with Crippen LogP contribution in [0, 0.1) is 11.6 Å². The van der Waals surface area contributed by atoms with Gasteiger partial charge in [-0.25, -0.2) is 8.78 Å². The number of rotatable bonds is 4. The number of hydrogen-bond acceptors (Lipinski definition) is 3. The summed E-state index contributed by atoms with van der Waals surface area (Å²) in [5, 5.41) is 2.50. The zero-order valence-corrected chi connectivity index (χ0v) is 15.0. The summed E-state index contributed by atoms with van der Waals surface area (Å²) in [6.07, 6.45) is 0. The standard InChI is InChI=1S/C20H21F2N3O2/c1-2-24-9-11-25(12-10-24)20(27)15-5-3-14(4-6-15)19(26)23-16-7-8-17(21)18(22)13-16/h3-8,13H,2,9-12H2,1H3,(H,23,26). The summed E-state index contributed by atoms with van der Waals surface area (Å²) >= 11 is 0. The molecule has 0 saturated carbocycles. The van der Waals surface area contributed by atoms with Crippen molar-refractivity contribution in [3.05, 3.63) is 65.2 Å². The minimum absolute atomic E-state index is 0.0571. The van der Waals surface area contributed by atoms with Crippen LogP contribution in [-0.2, 0) is 0 Å². The Kier molecular flexibility index (Phi) is 5.81. The van der Waals surface area contributed by atoms with Gasteiger partial charge in [0.05, 0.1) is 0 Å². The third kappa shape index (κ3) is 4.49. The quantitative estimate of drug-likeness (QED) is 0.897. The molecule has 142 valence electrons. The van der Waals surface area contributed by atoms with Crippen molar-refractivity contribution >= 4 is 17.5 Å². The second-order valence-electron chi connectivity index (χ2n) is 6.39. The summed E-state index contributed by atoms with van der Waals surface area (Å²) in [6.45, 7) is 6.16. The molecule has 1 aliphatic rings. The van der Waals surface area contributed by atoms with E-state index in [1.165, 1.54) is 6.07 Å². The average molecular weight is 373 g/mol. The molecule has 27 heavy (non-hydrogen) atoms. The third-order valence-corrected chi connectivity index (χ3v) is 4.68. The van der Waals surface area contributed by atoms with Gasteiger partial charge in [-0.05, 0) is 42.9 Å². The zero-order valence-electron chi connectivity index (χ0n) is 15.0. The maximum absolute atomic E-state index is 13.2. The Labute approximate surface area is 156 Å². The highest BCUT2D eigenvalue weighted by Crippen LogP contribution is 2.15. The molecule has 1 N–H and O–H groups in total. The first-order valence-electron chi connectivity index (χ1n) is 8.86. The van der Waals surface area contributed by atoms with Crippen LogP contribution in [0.25, 0.3) is 0 Å². The first-order chi connectivity index (χ1) is 13.0. The summed E-state index contributed by atoms with van der Waals surface area (Å²) in [5.74, 6) is -2.53. The molecule has 0 radical (unpaired) electrons. The first-order valence-corrected chi connectivity index (χ1v) is 8.86. The minimum Gasteiger partial charge on any atom is -0.336 e. The summed E-state index contributed by atoms with van der Waals surface area (Å²) < 4.78 is 26.2. The molecule has 1 aliphatic heterocycles. The van der Waals surface area contributed by atoms with Gasteiger partial charge in [0.15, 0.2) is 11.6 Å². The molecule has 2 amide bonds. The number of piperazine rings is 1. The largest absolute Gasteiger partial charge is 0.336 e. The Balaban J connectivity index is 1.63. The average Bonchev–Trinajstić information content (AvgIpc) is 2.70. The van der Waals surface area contributed by atoms with Gasteiger partial charge in [0.2, 0.25) is 0 Å². The number of anilines is 1. The Bertz CT molecular complexity index is 832. The van der Waals surface area contributed by atoms with E-state index in [1.807, 2.05) is 4.90 Å². The van der Waals surface area contributed by atoms with Crippen LogP contribution in [0.15, 0.2) is 42.5 Å². The van der Waals surface area contributed by atoms with E-state index in [9.17, 15) is 18.4 Å². The monoisotopic (exact) mass is 373 g/mol. The third-order valence-electron chi connectivity index (χ3n) is 4.68. The van der Waals surface area contributed by atoms with Crippen molar-refractivity contribution in [2.75, 3.05) is 38.0 Å². The lowest BCUT2D eigenvalue weighted by Crippen LogP contribution is -2.48. The van der Waals surface area contributed by atoms with E-state index in [4.69, 9.17) is 0 Å². The van der Waals surface area contributed by atoms with Crippen molar-refractivity contribution in [2.45, 2.75) is 6.92 Å². The first kappa shape index (κ1) is 19.0. The summed E-state index contributed by atoms with van der Waals surface area (Å²) in [4.78, 5) is 28.9. The highest BCUT2D eigenvalue weighted by molar-refractivity contribution is 6.05. The molecule has 1 saturated heterocycles. The van der Waals surface area contributed by atoms with Gasteiger partial charge in [-0.2, -0.15) is 0 Å². The van der Waals surface area contributed by atoms with Gasteiger partial charge in [0, 0.05) is 49.1 Å². The Morgan fingerprint density at radius 3 is 2.15 bits per heavy atom. The molecular weight excluding hydrogens is 352 g/mol. The number of nitrogens with one attached hydrogen (secondary N) is 1. The van der Waals surface area contributed by atoms with Crippen LogP contribution in [0.2, 0.25) is 0 Å². The highest BCUT2D eigenvalue weighted by Gasteiger charge is 2.21. The smallest absolute Gasteiger partial charge is 0.255 e. The van der Waals surface area contributed by atoms with Crippen molar-refractivity contribution < 1.29 is 18.4 Å². The van der Waals surface area contributed by atoms with Crippen molar-refractivity contribution in [3.8, 4) is 0 Å². The van der Waals surface area contributed by atoms with E-state index in [-0.39, 0.29) is 11.6 Å². The SMILES string of the molecule is CCN1CCN(C(=O)c2ccc(C(=O)Nc3ccc(F)c(F)c3)cc2)CC1. The van der Waals surface area contributed by atoms with Gasteiger partial charge < -0.3 is 15.1 Å². The summed E-state index contributed by atoms with van der Waals surface area (Å²) in [5.41, 5.74) is 1.00. The highest BCUT2D eigenvalue weighted by atomic mass is 19.2. The fourth-order valence-corrected chi connectivity index (χ4v) is 2.99. The van der Waals surface area contributed by atoms with Gasteiger partial charge >= 0.3 is 0 Å². The number of nitrogens with zero attached hydrogens (tertiary/aromatic N) is 2. The normalized spacial score (nSPS) is 14.9. The van der Waals surface area contributed by atoms with E-state index in [0.717, 1.165) is 31.8 Å². The Morgan fingerprint density at radius 1 is 0.926 bits per heavy atom. The fraction of sp³-hybridized carbons (Fsp3) is 0.300. The van der Waals surface area contributed by atoms with E-state index in [0.29, 0.717) is 24.2 Å². The minimum atomic E-state index is -1.03. The van der Waals surface area contributed by atoms with Crippen molar-refractivity contribution in [3.63, 3.8) is 0 Å². The Morgan fingerprint density at radius 2 is 1.56 bits per heavy atom. The lowest BCUT2D eigenvalue weighted by atomic mass is 10.1. The number of carbonyl (C=O) groups excluding carboxylic acids is 2. The number of halogens is 2. The zero-order chi connectivity index (χ0) is 19.4. The number of likely N-dealkylation sites (N-methyl/N-ethyl adjacent to an activating group) is 1. The van der Waals surface area contributed by atoms with Crippen molar-refractivity contribution in [1.82, 2.24) is 9.80 Å². The molecule has 0 bridgehead atoms. The van der Waals surface area contributed by atoms with Gasteiger partial charge in [-0.3, -0.25) is 9.59 Å². The van der Waals surface area contributed by atoms with Crippen LogP contribution in [0.1, 0.15) is 27.6 Å². The predicted molar refractivity (Wildman–Crippen MR) is 98.8 cm³/mol. The molecule has 0 atom stereocenters. The molecule has 0 aromatic heterocycles. The molecule has 5 nitrogen and oxygen atoms in total. The van der Waals surface area contributed by atoms with Gasteiger partial charge in [0.25, 0.3) is 11.8 Å². The summed E-state index contributed by atoms with van der Waals surface area (Å²) in [7, 11) is 0. The van der Waals surface area contributed by atoms with E-state index >= 15 is 0 Å². The number of hydrogen-bond donors (Lipinski definition) is 1. The lowest BCUT2D eigenvalue weighted by Gasteiger charge is -2.34. The molecule has 1 fully saturated rings. The van der Waals surface area contributed by atoms with Crippen molar-refractivity contribution in [1.29, 1.82) is 0 Å². The molecule has 0 unspecified atom stereocenters. The maximum Gasteiger partial charge on any atom is 0.255 e. The number of amides is 2. The second kappa shape index (κ2) is 8.26. The van der Waals surface area contributed by atoms with Gasteiger partial charge in [0.1, 0.15) is 0 Å². The second-order valence-corrected chi connectivity index (χ2v) is 6.39. The van der Waals surface area contributed by atoms with Crippen LogP contribution in [0.5, 0.6) is 0 Å². The maximum atomic E-state index is 13.2. The Hall–Kier alpha value is -2.80. The van der Waals surface area contributed by atoms with Crippen LogP contribution >= 0.6 is 0 Å². The molecule has 2 aromatic carbocycles. The summed E-state index contributed by atoms with van der Waals surface area (Å²) in [6, 6.07) is 9.45. The lowest BCUT2D eigenvalue weighted by molar-refractivity contribution is 0.0643. The molecule has 7 heteroatoms. The molecule has 0 spiro atoms. The number of carbonyl (C=O) groups is 2. The van der Waals surface area contributed by atoms with Gasteiger partial charge in [-0.1, -0.05) is 6.92 Å². The number of benzene rings is 2. The van der Waals surface area contributed by atoms with Crippen LogP contribution in [0.3, 0.4) is 0 Å². The molecule has 3 rings (SSSR count). The van der Waals surface area contributed by atoms with Gasteiger partial charge in [-0.15, -0.1) is 0 Å². The van der Waals surface area contributed by atoms with Crippen molar-refractivity contribution in [2.24, 2.45) is 0 Å². The van der Waals surface area contributed by atoms with E-state index in [2.05, 4.69) is 17.1 Å². The van der Waals surface area contributed by atoms with E-state index in [1.54, 1.807) is 24.3 Å². The van der Waals surface area contributed by atoms with Crippen LogP contribution < -0.4 is 5.32 Å². The molecular formula is C20H21F2N3O2.